The van der Waals surface area contributed by atoms with Crippen LogP contribution in [-0.2, 0) is 0 Å². The van der Waals surface area contributed by atoms with E-state index >= 15 is 0 Å². The number of halogens is 2. The highest BCUT2D eigenvalue weighted by molar-refractivity contribution is 9.10. The fourth-order valence-electron chi connectivity index (χ4n) is 1.87. The third-order valence-electron chi connectivity index (χ3n) is 3.07. The second-order valence-electron chi connectivity index (χ2n) is 4.46. The number of hydrogen-bond donors (Lipinski definition) is 1. The van der Waals surface area contributed by atoms with Gasteiger partial charge in [-0.3, -0.25) is 0 Å². The van der Waals surface area contributed by atoms with Crippen LogP contribution in [0.3, 0.4) is 0 Å². The molecule has 0 aromatic heterocycles. The number of carboxylic acid groups (broad SMARTS) is 1. The fourth-order valence-corrected chi connectivity index (χ4v) is 2.38. The van der Waals surface area contributed by atoms with Crippen molar-refractivity contribution in [2.24, 2.45) is 0 Å². The molecule has 20 heavy (non-hydrogen) atoms. The van der Waals surface area contributed by atoms with Crippen LogP contribution < -0.4 is 4.90 Å². The lowest BCUT2D eigenvalue weighted by Gasteiger charge is -2.21. The highest BCUT2D eigenvalue weighted by Gasteiger charge is 2.18. The van der Waals surface area contributed by atoms with Gasteiger partial charge >= 0.3 is 5.97 Å². The lowest BCUT2D eigenvalue weighted by molar-refractivity contribution is 0.0695. The maximum atomic E-state index is 14.3. The Bertz CT molecular complexity index is 656. The number of anilines is 2. The van der Waals surface area contributed by atoms with Gasteiger partial charge in [0.05, 0.1) is 15.7 Å². The molecule has 0 radical (unpaired) electrons. The van der Waals surface area contributed by atoms with E-state index < -0.39 is 11.8 Å². The van der Waals surface area contributed by atoms with Crippen molar-refractivity contribution in [3.05, 3.63) is 57.8 Å². The quantitative estimate of drug-likeness (QED) is 0.904. The summed E-state index contributed by atoms with van der Waals surface area (Å²) in [5.74, 6) is -1.76. The third kappa shape index (κ3) is 2.67. The first-order valence-electron chi connectivity index (χ1n) is 5.93. The SMILES string of the molecule is Cc1ccc(N(C)c2ccc(C(=O)O)c(Br)c2F)cc1. The monoisotopic (exact) mass is 337 g/mol. The van der Waals surface area contributed by atoms with Gasteiger partial charge in [-0.15, -0.1) is 0 Å². The first kappa shape index (κ1) is 14.5. The zero-order valence-electron chi connectivity index (χ0n) is 11.0. The van der Waals surface area contributed by atoms with Crippen molar-refractivity contribution in [1.82, 2.24) is 0 Å². The van der Waals surface area contributed by atoms with Gasteiger partial charge in [0, 0.05) is 12.7 Å². The normalized spacial score (nSPS) is 10.4. The third-order valence-corrected chi connectivity index (χ3v) is 3.85. The average molecular weight is 338 g/mol. The van der Waals surface area contributed by atoms with Crippen molar-refractivity contribution >= 4 is 33.3 Å². The summed E-state index contributed by atoms with van der Waals surface area (Å²) >= 11 is 3.00. The van der Waals surface area contributed by atoms with E-state index in [1.54, 1.807) is 11.9 Å². The Morgan fingerprint density at radius 1 is 1.20 bits per heavy atom. The summed E-state index contributed by atoms with van der Waals surface area (Å²) in [6.45, 7) is 1.97. The molecule has 0 saturated carbocycles. The molecule has 1 N–H and O–H groups in total. The van der Waals surface area contributed by atoms with Crippen LogP contribution >= 0.6 is 15.9 Å². The van der Waals surface area contributed by atoms with Gasteiger partial charge in [-0.25, -0.2) is 9.18 Å². The Balaban J connectivity index is 2.45. The van der Waals surface area contributed by atoms with Crippen LogP contribution in [0.15, 0.2) is 40.9 Å². The molecule has 3 nitrogen and oxygen atoms in total. The molecule has 2 aromatic carbocycles. The number of aromatic carboxylic acids is 1. The molecule has 0 heterocycles. The summed E-state index contributed by atoms with van der Waals surface area (Å²) in [4.78, 5) is 12.6. The second-order valence-corrected chi connectivity index (χ2v) is 5.25. The van der Waals surface area contributed by atoms with Crippen LogP contribution in [0.4, 0.5) is 15.8 Å². The largest absolute Gasteiger partial charge is 0.478 e. The van der Waals surface area contributed by atoms with Crippen LogP contribution in [0.2, 0.25) is 0 Å². The molecule has 2 aromatic rings. The van der Waals surface area contributed by atoms with Gasteiger partial charge in [0.1, 0.15) is 0 Å². The van der Waals surface area contributed by atoms with Crippen LogP contribution in [-0.4, -0.2) is 18.1 Å². The van der Waals surface area contributed by atoms with Crippen molar-refractivity contribution in [2.75, 3.05) is 11.9 Å². The number of nitrogens with zero attached hydrogens (tertiary/aromatic N) is 1. The van der Waals surface area contributed by atoms with E-state index in [-0.39, 0.29) is 10.0 Å². The van der Waals surface area contributed by atoms with Gasteiger partial charge < -0.3 is 10.0 Å². The topological polar surface area (TPSA) is 40.5 Å². The summed E-state index contributed by atoms with van der Waals surface area (Å²) in [6.07, 6.45) is 0. The van der Waals surface area contributed by atoms with Gasteiger partial charge in [-0.1, -0.05) is 17.7 Å². The Morgan fingerprint density at radius 2 is 1.80 bits per heavy atom. The lowest BCUT2D eigenvalue weighted by atomic mass is 10.1. The van der Waals surface area contributed by atoms with Crippen LogP contribution in [0.25, 0.3) is 0 Å². The number of benzene rings is 2. The van der Waals surface area contributed by atoms with Crippen molar-refractivity contribution in [1.29, 1.82) is 0 Å². The second kappa shape index (κ2) is 5.63. The Morgan fingerprint density at radius 3 is 2.35 bits per heavy atom. The van der Waals surface area contributed by atoms with Crippen molar-refractivity contribution < 1.29 is 14.3 Å². The number of carboxylic acids is 1. The summed E-state index contributed by atoms with van der Waals surface area (Å²) in [7, 11) is 1.73. The van der Waals surface area contributed by atoms with Crippen LogP contribution in [0.1, 0.15) is 15.9 Å². The number of hydrogen-bond acceptors (Lipinski definition) is 2. The predicted molar refractivity (Wildman–Crippen MR) is 80.3 cm³/mol. The molecule has 0 atom stereocenters. The number of rotatable bonds is 3. The lowest BCUT2D eigenvalue weighted by Crippen LogP contribution is -2.12. The van der Waals surface area contributed by atoms with Gasteiger partial charge in [0.2, 0.25) is 0 Å². The minimum atomic E-state index is -1.17. The number of aryl methyl sites for hydroxylation is 1. The molecular weight excluding hydrogens is 325 g/mol. The maximum Gasteiger partial charge on any atom is 0.336 e. The van der Waals surface area contributed by atoms with Gasteiger partial charge in [0.15, 0.2) is 5.82 Å². The van der Waals surface area contributed by atoms with E-state index in [1.165, 1.54) is 12.1 Å². The molecular formula is C15H13BrFNO2. The van der Waals surface area contributed by atoms with E-state index in [4.69, 9.17) is 5.11 Å². The first-order valence-corrected chi connectivity index (χ1v) is 6.73. The summed E-state index contributed by atoms with van der Waals surface area (Å²) < 4.78 is 14.2. The molecule has 0 unspecified atom stereocenters. The van der Waals surface area contributed by atoms with Crippen molar-refractivity contribution in [3.63, 3.8) is 0 Å². The maximum absolute atomic E-state index is 14.3. The smallest absolute Gasteiger partial charge is 0.336 e. The molecule has 104 valence electrons. The Labute approximate surface area is 124 Å². The van der Waals surface area contributed by atoms with Crippen molar-refractivity contribution in [2.45, 2.75) is 6.92 Å². The molecule has 0 aliphatic rings. The molecule has 0 aliphatic carbocycles. The van der Waals surface area contributed by atoms with E-state index in [1.807, 2.05) is 31.2 Å². The van der Waals surface area contributed by atoms with E-state index in [0.29, 0.717) is 5.69 Å². The first-order chi connectivity index (χ1) is 9.41. The average Bonchev–Trinajstić information content (AvgIpc) is 2.41. The highest BCUT2D eigenvalue weighted by atomic mass is 79.9. The fraction of sp³-hybridized carbons (Fsp3) is 0.133. The molecule has 0 saturated heterocycles. The molecule has 0 spiro atoms. The zero-order chi connectivity index (χ0) is 14.9. The zero-order valence-corrected chi connectivity index (χ0v) is 12.6. The van der Waals surface area contributed by atoms with E-state index in [9.17, 15) is 9.18 Å². The minimum Gasteiger partial charge on any atom is -0.478 e. The van der Waals surface area contributed by atoms with Crippen LogP contribution in [0, 0.1) is 12.7 Å². The molecule has 5 heteroatoms. The Hall–Kier alpha value is -1.88. The van der Waals surface area contributed by atoms with E-state index in [2.05, 4.69) is 15.9 Å². The molecule has 0 amide bonds. The van der Waals surface area contributed by atoms with Gasteiger partial charge in [0.25, 0.3) is 0 Å². The van der Waals surface area contributed by atoms with Crippen molar-refractivity contribution in [3.8, 4) is 0 Å². The Kier molecular flexibility index (Phi) is 4.09. The van der Waals surface area contributed by atoms with E-state index in [0.717, 1.165) is 11.3 Å². The molecule has 0 aliphatic heterocycles. The van der Waals surface area contributed by atoms with Gasteiger partial charge in [-0.05, 0) is 47.1 Å². The standard InChI is InChI=1S/C15H13BrFNO2/c1-9-3-5-10(6-4-9)18(2)12-8-7-11(15(19)20)13(16)14(12)17/h3-8H,1-2H3,(H,19,20). The number of carbonyl (C=O) groups is 1. The summed E-state index contributed by atoms with van der Waals surface area (Å²) in [6, 6.07) is 10.5. The molecule has 0 fully saturated rings. The highest BCUT2D eigenvalue weighted by Crippen LogP contribution is 2.32. The minimum absolute atomic E-state index is 0.0403. The van der Waals surface area contributed by atoms with Crippen LogP contribution in [0.5, 0.6) is 0 Å². The summed E-state index contributed by atoms with van der Waals surface area (Å²) in [5.41, 5.74) is 2.16. The predicted octanol–water partition coefficient (Wildman–Crippen LogP) is 4.36. The molecule has 2 rings (SSSR count). The molecule has 0 bridgehead atoms. The van der Waals surface area contributed by atoms with Gasteiger partial charge in [-0.2, -0.15) is 0 Å². The summed E-state index contributed by atoms with van der Waals surface area (Å²) in [5, 5.41) is 8.96.